The Balaban J connectivity index is 1.51. The zero-order chi connectivity index (χ0) is 16.9. The molecule has 24 heavy (non-hydrogen) atoms. The highest BCUT2D eigenvalue weighted by atomic mass is 35.5. The van der Waals surface area contributed by atoms with E-state index in [1.165, 1.54) is 0 Å². The summed E-state index contributed by atoms with van der Waals surface area (Å²) in [6, 6.07) is 15.0. The van der Waals surface area contributed by atoms with E-state index >= 15 is 0 Å². The Kier molecular flexibility index (Phi) is 5.01. The summed E-state index contributed by atoms with van der Waals surface area (Å²) < 4.78 is 7.50. The highest BCUT2D eigenvalue weighted by molar-refractivity contribution is 6.32. The molecule has 0 fully saturated rings. The van der Waals surface area contributed by atoms with Crippen molar-refractivity contribution in [2.45, 2.75) is 13.5 Å². The molecule has 1 N–H and O–H groups in total. The van der Waals surface area contributed by atoms with Crippen molar-refractivity contribution in [3.05, 3.63) is 59.4 Å². The SMILES string of the molecule is Cc1nc2ccccc2n1CCNC(=O)COc1ccccc1Cl. The zero-order valence-corrected chi connectivity index (χ0v) is 14.1. The first-order chi connectivity index (χ1) is 11.6. The number of carbonyl (C=O) groups excluding carboxylic acids is 1. The van der Waals surface area contributed by atoms with Crippen molar-refractivity contribution in [3.8, 4) is 5.75 Å². The fraction of sp³-hybridized carbons (Fsp3) is 0.222. The normalized spacial score (nSPS) is 10.8. The highest BCUT2D eigenvalue weighted by Gasteiger charge is 2.08. The minimum absolute atomic E-state index is 0.0621. The van der Waals surface area contributed by atoms with Crippen LogP contribution in [0.2, 0.25) is 5.02 Å². The van der Waals surface area contributed by atoms with E-state index in [1.807, 2.05) is 43.3 Å². The molecule has 124 valence electrons. The standard InChI is InChI=1S/C18H18ClN3O2/c1-13-21-15-7-3-4-8-16(15)22(13)11-10-20-18(23)12-24-17-9-5-2-6-14(17)19/h2-9H,10-12H2,1H3,(H,20,23). The number of hydrogen-bond donors (Lipinski definition) is 1. The number of rotatable bonds is 6. The van der Waals surface area contributed by atoms with Crippen molar-refractivity contribution in [2.24, 2.45) is 0 Å². The van der Waals surface area contributed by atoms with E-state index in [1.54, 1.807) is 12.1 Å². The molecule has 0 saturated heterocycles. The van der Waals surface area contributed by atoms with Gasteiger partial charge in [-0.05, 0) is 31.2 Å². The lowest BCUT2D eigenvalue weighted by Crippen LogP contribution is -2.31. The summed E-state index contributed by atoms with van der Waals surface area (Å²) in [5, 5.41) is 3.34. The minimum Gasteiger partial charge on any atom is -0.482 e. The van der Waals surface area contributed by atoms with E-state index < -0.39 is 0 Å². The van der Waals surface area contributed by atoms with Crippen LogP contribution in [-0.2, 0) is 11.3 Å². The molecule has 1 heterocycles. The van der Waals surface area contributed by atoms with Crippen LogP contribution in [-0.4, -0.2) is 28.6 Å². The van der Waals surface area contributed by atoms with Crippen molar-refractivity contribution in [3.63, 3.8) is 0 Å². The second kappa shape index (κ2) is 7.36. The van der Waals surface area contributed by atoms with Crippen molar-refractivity contribution in [2.75, 3.05) is 13.2 Å². The fourth-order valence-corrected chi connectivity index (χ4v) is 2.73. The third-order valence-electron chi connectivity index (χ3n) is 3.70. The van der Waals surface area contributed by atoms with Gasteiger partial charge in [-0.25, -0.2) is 4.98 Å². The van der Waals surface area contributed by atoms with Gasteiger partial charge in [-0.3, -0.25) is 4.79 Å². The van der Waals surface area contributed by atoms with Gasteiger partial charge in [0.25, 0.3) is 5.91 Å². The second-order valence-electron chi connectivity index (χ2n) is 5.37. The number of amides is 1. The number of imidazole rings is 1. The number of halogens is 1. The van der Waals surface area contributed by atoms with Gasteiger partial charge < -0.3 is 14.6 Å². The van der Waals surface area contributed by atoms with Gasteiger partial charge in [0, 0.05) is 13.1 Å². The highest BCUT2D eigenvalue weighted by Crippen LogP contribution is 2.22. The molecule has 6 heteroatoms. The Labute approximate surface area is 145 Å². The molecule has 0 radical (unpaired) electrons. The van der Waals surface area contributed by atoms with Gasteiger partial charge in [0.05, 0.1) is 16.1 Å². The van der Waals surface area contributed by atoms with Crippen LogP contribution in [0.15, 0.2) is 48.5 Å². The summed E-state index contributed by atoms with van der Waals surface area (Å²) in [6.07, 6.45) is 0. The molecule has 0 aliphatic carbocycles. The van der Waals surface area contributed by atoms with Crippen LogP contribution in [0, 0.1) is 6.92 Å². The van der Waals surface area contributed by atoms with Gasteiger partial charge in [-0.15, -0.1) is 0 Å². The van der Waals surface area contributed by atoms with Crippen LogP contribution in [0.4, 0.5) is 0 Å². The van der Waals surface area contributed by atoms with E-state index in [0.717, 1.165) is 16.9 Å². The Hall–Kier alpha value is -2.53. The lowest BCUT2D eigenvalue weighted by atomic mass is 10.3. The summed E-state index contributed by atoms with van der Waals surface area (Å²) in [5.74, 6) is 1.25. The van der Waals surface area contributed by atoms with Crippen LogP contribution in [0.25, 0.3) is 11.0 Å². The third-order valence-corrected chi connectivity index (χ3v) is 4.01. The van der Waals surface area contributed by atoms with E-state index in [2.05, 4.69) is 14.9 Å². The first-order valence-electron chi connectivity index (χ1n) is 7.71. The zero-order valence-electron chi connectivity index (χ0n) is 13.3. The first kappa shape index (κ1) is 16.3. The summed E-state index contributed by atoms with van der Waals surface area (Å²) in [4.78, 5) is 16.4. The van der Waals surface area contributed by atoms with Crippen LogP contribution >= 0.6 is 11.6 Å². The second-order valence-corrected chi connectivity index (χ2v) is 5.78. The van der Waals surface area contributed by atoms with E-state index in [0.29, 0.717) is 23.9 Å². The van der Waals surface area contributed by atoms with Crippen molar-refractivity contribution < 1.29 is 9.53 Å². The van der Waals surface area contributed by atoms with Crippen molar-refractivity contribution in [1.82, 2.24) is 14.9 Å². The number of aromatic nitrogens is 2. The molecule has 2 aromatic carbocycles. The number of carbonyl (C=O) groups is 1. The Morgan fingerprint density at radius 3 is 2.79 bits per heavy atom. The maximum absolute atomic E-state index is 11.9. The largest absolute Gasteiger partial charge is 0.482 e. The molecule has 0 aliphatic rings. The predicted octanol–water partition coefficient (Wildman–Crippen LogP) is 3.19. The third kappa shape index (κ3) is 3.68. The number of hydrogen-bond acceptors (Lipinski definition) is 3. The predicted molar refractivity (Wildman–Crippen MR) is 94.4 cm³/mol. The molecule has 0 bridgehead atoms. The molecular weight excluding hydrogens is 326 g/mol. The maximum Gasteiger partial charge on any atom is 0.258 e. The quantitative estimate of drug-likeness (QED) is 0.747. The monoisotopic (exact) mass is 343 g/mol. The van der Waals surface area contributed by atoms with Crippen LogP contribution in [0.1, 0.15) is 5.82 Å². The van der Waals surface area contributed by atoms with E-state index in [-0.39, 0.29) is 12.5 Å². The van der Waals surface area contributed by atoms with E-state index in [4.69, 9.17) is 16.3 Å². The number of benzene rings is 2. The van der Waals surface area contributed by atoms with Gasteiger partial charge in [0.1, 0.15) is 11.6 Å². The topological polar surface area (TPSA) is 56.2 Å². The molecule has 0 unspecified atom stereocenters. The average Bonchev–Trinajstić information content (AvgIpc) is 2.90. The summed E-state index contributed by atoms with van der Waals surface area (Å²) in [6.45, 7) is 3.06. The number of para-hydroxylation sites is 3. The molecule has 0 saturated carbocycles. The maximum atomic E-state index is 11.9. The van der Waals surface area contributed by atoms with E-state index in [9.17, 15) is 4.79 Å². The molecular formula is C18H18ClN3O2. The Morgan fingerprint density at radius 1 is 1.21 bits per heavy atom. The number of nitrogens with zero attached hydrogens (tertiary/aromatic N) is 2. The van der Waals surface area contributed by atoms with Crippen molar-refractivity contribution >= 4 is 28.5 Å². The van der Waals surface area contributed by atoms with Gasteiger partial charge in [0.2, 0.25) is 0 Å². The van der Waals surface area contributed by atoms with Crippen LogP contribution in [0.5, 0.6) is 5.75 Å². The molecule has 3 aromatic rings. The molecule has 0 spiro atoms. The molecule has 5 nitrogen and oxygen atoms in total. The number of ether oxygens (including phenoxy) is 1. The van der Waals surface area contributed by atoms with Crippen molar-refractivity contribution in [1.29, 1.82) is 0 Å². The molecule has 0 atom stereocenters. The molecule has 1 amide bonds. The van der Waals surface area contributed by atoms with Gasteiger partial charge in [0.15, 0.2) is 6.61 Å². The summed E-state index contributed by atoms with van der Waals surface area (Å²) in [5.41, 5.74) is 2.03. The van der Waals surface area contributed by atoms with Gasteiger partial charge >= 0.3 is 0 Å². The Morgan fingerprint density at radius 2 is 1.96 bits per heavy atom. The molecule has 3 rings (SSSR count). The van der Waals surface area contributed by atoms with Gasteiger partial charge in [-0.2, -0.15) is 0 Å². The fourth-order valence-electron chi connectivity index (χ4n) is 2.54. The number of fused-ring (bicyclic) bond motifs is 1. The lowest BCUT2D eigenvalue weighted by Gasteiger charge is -2.10. The van der Waals surface area contributed by atoms with Gasteiger partial charge in [-0.1, -0.05) is 35.9 Å². The first-order valence-corrected chi connectivity index (χ1v) is 8.09. The molecule has 1 aromatic heterocycles. The van der Waals surface area contributed by atoms with Crippen LogP contribution < -0.4 is 10.1 Å². The molecule has 0 aliphatic heterocycles. The Bertz CT molecular complexity index is 860. The average molecular weight is 344 g/mol. The number of aryl methyl sites for hydroxylation is 1. The minimum atomic E-state index is -0.183. The number of nitrogens with one attached hydrogen (secondary N) is 1. The summed E-state index contributed by atoms with van der Waals surface area (Å²) in [7, 11) is 0. The lowest BCUT2D eigenvalue weighted by molar-refractivity contribution is -0.123. The summed E-state index contributed by atoms with van der Waals surface area (Å²) >= 11 is 5.99. The smallest absolute Gasteiger partial charge is 0.258 e. The van der Waals surface area contributed by atoms with Crippen LogP contribution in [0.3, 0.4) is 0 Å².